The van der Waals surface area contributed by atoms with Crippen LogP contribution in [-0.2, 0) is 4.74 Å². The highest BCUT2D eigenvalue weighted by atomic mass is 35.5. The molecule has 0 saturated carbocycles. The number of rotatable bonds is 3. The van der Waals surface area contributed by atoms with Gasteiger partial charge in [-0.3, -0.25) is 9.97 Å². The number of halogens is 1. The van der Waals surface area contributed by atoms with Crippen LogP contribution in [0.4, 0.5) is 5.69 Å². The summed E-state index contributed by atoms with van der Waals surface area (Å²) in [4.78, 5) is 19.3. The smallest absolute Gasteiger partial charge is 0.157 e. The molecule has 1 N–H and O–H groups in total. The van der Waals surface area contributed by atoms with Crippen LogP contribution in [-0.4, -0.2) is 46.2 Å². The van der Waals surface area contributed by atoms with E-state index in [1.54, 1.807) is 12.4 Å². The van der Waals surface area contributed by atoms with Gasteiger partial charge < -0.3 is 14.6 Å². The van der Waals surface area contributed by atoms with Crippen molar-refractivity contribution in [3.63, 3.8) is 0 Å². The highest BCUT2D eigenvalue weighted by Gasteiger charge is 2.14. The third-order valence-corrected chi connectivity index (χ3v) is 5.18. The molecule has 0 unspecified atom stereocenters. The summed E-state index contributed by atoms with van der Waals surface area (Å²) in [5.74, 6) is 0.743. The number of aromatic amines is 1. The Hall–Kier alpha value is -2.96. The van der Waals surface area contributed by atoms with Crippen LogP contribution in [0.2, 0.25) is 5.02 Å². The van der Waals surface area contributed by atoms with Gasteiger partial charge >= 0.3 is 0 Å². The molecule has 0 spiro atoms. The predicted molar refractivity (Wildman–Crippen MR) is 111 cm³/mol. The fourth-order valence-corrected chi connectivity index (χ4v) is 3.64. The number of nitrogens with one attached hydrogen (secondary N) is 1. The first-order valence-corrected chi connectivity index (χ1v) is 9.55. The Kier molecular flexibility index (Phi) is 4.43. The number of pyridine rings is 2. The number of hydrogen-bond acceptors (Lipinski definition) is 5. The molecule has 6 nitrogen and oxygen atoms in total. The summed E-state index contributed by atoms with van der Waals surface area (Å²) in [6, 6.07) is 13.8. The SMILES string of the molecule is Clc1cccnc1-c1ccc(-c2nc3ccc(N4CCOCC4)cc3[nH]2)nc1. The summed E-state index contributed by atoms with van der Waals surface area (Å²) in [6.45, 7) is 3.35. The third-order valence-electron chi connectivity index (χ3n) is 4.88. The molecule has 1 aliphatic rings. The van der Waals surface area contributed by atoms with Crippen molar-refractivity contribution in [2.45, 2.75) is 0 Å². The van der Waals surface area contributed by atoms with Crippen LogP contribution in [0, 0.1) is 0 Å². The average Bonchev–Trinajstić information content (AvgIpc) is 3.18. The van der Waals surface area contributed by atoms with Gasteiger partial charge in [-0.2, -0.15) is 0 Å². The number of aromatic nitrogens is 4. The Labute approximate surface area is 167 Å². The summed E-state index contributed by atoms with van der Waals surface area (Å²) >= 11 is 6.23. The van der Waals surface area contributed by atoms with E-state index in [1.807, 2.05) is 30.3 Å². The molecular formula is C21H18ClN5O. The Morgan fingerprint density at radius 1 is 1.04 bits per heavy atom. The molecule has 4 aromatic rings. The minimum absolute atomic E-state index is 0.608. The molecule has 0 atom stereocenters. The number of nitrogens with zero attached hydrogens (tertiary/aromatic N) is 4. The number of benzene rings is 1. The maximum absolute atomic E-state index is 6.23. The fourth-order valence-electron chi connectivity index (χ4n) is 3.41. The first-order valence-electron chi connectivity index (χ1n) is 9.18. The van der Waals surface area contributed by atoms with E-state index in [0.717, 1.165) is 60.1 Å². The zero-order valence-corrected chi connectivity index (χ0v) is 15.9. The van der Waals surface area contributed by atoms with Crippen molar-refractivity contribution in [2.75, 3.05) is 31.2 Å². The summed E-state index contributed by atoms with van der Waals surface area (Å²) < 4.78 is 5.44. The van der Waals surface area contributed by atoms with Crippen LogP contribution in [0.15, 0.2) is 54.9 Å². The largest absolute Gasteiger partial charge is 0.378 e. The van der Waals surface area contributed by atoms with Gasteiger partial charge in [0.05, 0.1) is 35.0 Å². The molecule has 0 amide bonds. The molecule has 140 valence electrons. The van der Waals surface area contributed by atoms with E-state index in [4.69, 9.17) is 16.3 Å². The molecule has 4 heterocycles. The van der Waals surface area contributed by atoms with Gasteiger partial charge in [0.1, 0.15) is 5.69 Å². The van der Waals surface area contributed by atoms with Crippen LogP contribution in [0.25, 0.3) is 33.8 Å². The Bertz CT molecular complexity index is 1120. The molecule has 5 rings (SSSR count). The number of ether oxygens (including phenoxy) is 1. The first-order chi connectivity index (χ1) is 13.8. The van der Waals surface area contributed by atoms with Crippen LogP contribution >= 0.6 is 11.6 Å². The monoisotopic (exact) mass is 391 g/mol. The van der Waals surface area contributed by atoms with E-state index in [1.165, 1.54) is 5.69 Å². The van der Waals surface area contributed by atoms with Crippen LogP contribution < -0.4 is 4.90 Å². The average molecular weight is 392 g/mol. The number of morpholine rings is 1. The van der Waals surface area contributed by atoms with Gasteiger partial charge in [-0.15, -0.1) is 0 Å². The summed E-state index contributed by atoms with van der Waals surface area (Å²) in [7, 11) is 0. The molecule has 1 aliphatic heterocycles. The van der Waals surface area contributed by atoms with Crippen molar-refractivity contribution in [1.29, 1.82) is 0 Å². The van der Waals surface area contributed by atoms with Crippen LogP contribution in [0.3, 0.4) is 0 Å². The lowest BCUT2D eigenvalue weighted by molar-refractivity contribution is 0.122. The molecular weight excluding hydrogens is 374 g/mol. The van der Waals surface area contributed by atoms with Crippen LogP contribution in [0.5, 0.6) is 0 Å². The Balaban J connectivity index is 1.45. The van der Waals surface area contributed by atoms with E-state index in [0.29, 0.717) is 5.02 Å². The lowest BCUT2D eigenvalue weighted by atomic mass is 10.2. The summed E-state index contributed by atoms with van der Waals surface area (Å²) in [5, 5.41) is 0.608. The summed E-state index contributed by atoms with van der Waals surface area (Å²) in [6.07, 6.45) is 3.50. The minimum atomic E-state index is 0.608. The lowest BCUT2D eigenvalue weighted by Crippen LogP contribution is -2.36. The van der Waals surface area contributed by atoms with Gasteiger partial charge in [-0.05, 0) is 42.5 Å². The molecule has 7 heteroatoms. The number of hydrogen-bond donors (Lipinski definition) is 1. The van der Waals surface area contributed by atoms with E-state index in [-0.39, 0.29) is 0 Å². The topological polar surface area (TPSA) is 66.9 Å². The van der Waals surface area contributed by atoms with Crippen molar-refractivity contribution in [3.05, 3.63) is 59.9 Å². The number of fused-ring (bicyclic) bond motifs is 1. The van der Waals surface area contributed by atoms with Gasteiger partial charge in [0.2, 0.25) is 0 Å². The second-order valence-electron chi connectivity index (χ2n) is 6.65. The maximum Gasteiger partial charge on any atom is 0.157 e. The van der Waals surface area contributed by atoms with E-state index < -0.39 is 0 Å². The van der Waals surface area contributed by atoms with Crippen molar-refractivity contribution >= 4 is 28.3 Å². The third kappa shape index (κ3) is 3.21. The molecule has 28 heavy (non-hydrogen) atoms. The second kappa shape index (κ2) is 7.22. The quantitative estimate of drug-likeness (QED) is 0.567. The van der Waals surface area contributed by atoms with Crippen molar-refractivity contribution in [3.8, 4) is 22.8 Å². The Morgan fingerprint density at radius 2 is 1.93 bits per heavy atom. The van der Waals surface area contributed by atoms with E-state index >= 15 is 0 Å². The standard InChI is InChI=1S/C21H18ClN5O/c22-16-2-1-7-23-20(16)14-3-5-18(24-13-14)21-25-17-6-4-15(12-19(17)26-21)27-8-10-28-11-9-27/h1-7,12-13H,8-11H2,(H,25,26). The second-order valence-corrected chi connectivity index (χ2v) is 7.06. The zero-order chi connectivity index (χ0) is 18.9. The summed E-state index contributed by atoms with van der Waals surface area (Å²) in [5.41, 5.74) is 5.48. The zero-order valence-electron chi connectivity index (χ0n) is 15.1. The van der Waals surface area contributed by atoms with Gasteiger partial charge in [0, 0.05) is 36.7 Å². The molecule has 3 aromatic heterocycles. The lowest BCUT2D eigenvalue weighted by Gasteiger charge is -2.28. The molecule has 0 radical (unpaired) electrons. The molecule has 1 saturated heterocycles. The molecule has 1 aromatic carbocycles. The highest BCUT2D eigenvalue weighted by Crippen LogP contribution is 2.27. The van der Waals surface area contributed by atoms with Gasteiger partial charge in [0.15, 0.2) is 5.82 Å². The first kappa shape index (κ1) is 17.2. The van der Waals surface area contributed by atoms with Crippen molar-refractivity contribution in [2.24, 2.45) is 0 Å². The number of anilines is 1. The predicted octanol–water partition coefficient (Wildman–Crippen LogP) is 4.18. The van der Waals surface area contributed by atoms with E-state index in [2.05, 4.69) is 37.0 Å². The molecule has 0 bridgehead atoms. The number of imidazole rings is 1. The van der Waals surface area contributed by atoms with Crippen LogP contribution in [0.1, 0.15) is 0 Å². The molecule has 0 aliphatic carbocycles. The highest BCUT2D eigenvalue weighted by molar-refractivity contribution is 6.33. The van der Waals surface area contributed by atoms with Gasteiger partial charge in [0.25, 0.3) is 0 Å². The van der Waals surface area contributed by atoms with E-state index in [9.17, 15) is 0 Å². The minimum Gasteiger partial charge on any atom is -0.378 e. The maximum atomic E-state index is 6.23. The molecule has 1 fully saturated rings. The normalized spacial score (nSPS) is 14.5. The Morgan fingerprint density at radius 3 is 2.71 bits per heavy atom. The van der Waals surface area contributed by atoms with Crippen molar-refractivity contribution < 1.29 is 4.74 Å². The van der Waals surface area contributed by atoms with Crippen molar-refractivity contribution in [1.82, 2.24) is 19.9 Å². The fraction of sp³-hybridized carbons (Fsp3) is 0.190. The van der Waals surface area contributed by atoms with Gasteiger partial charge in [-0.25, -0.2) is 4.98 Å². The number of H-pyrrole nitrogens is 1. The van der Waals surface area contributed by atoms with Gasteiger partial charge in [-0.1, -0.05) is 11.6 Å².